The lowest BCUT2D eigenvalue weighted by atomic mass is 10.1. The number of imidazole rings is 1. The van der Waals surface area contributed by atoms with Gasteiger partial charge in [-0.1, -0.05) is 42.1 Å². The smallest absolute Gasteiger partial charge is 0.313 e. The lowest BCUT2D eigenvalue weighted by Crippen LogP contribution is -2.11. The van der Waals surface area contributed by atoms with E-state index in [1.54, 1.807) is 11.8 Å². The first-order valence-electron chi connectivity index (χ1n) is 6.59. The molecule has 2 rings (SSSR count). The summed E-state index contributed by atoms with van der Waals surface area (Å²) in [5.74, 6) is 0.155. The molecule has 0 radical (unpaired) electrons. The Morgan fingerprint density at radius 1 is 1.38 bits per heavy atom. The number of thioether (sulfide) groups is 2. The normalized spacial score (nSPS) is 12.3. The Morgan fingerprint density at radius 2 is 2.10 bits per heavy atom. The van der Waals surface area contributed by atoms with Crippen LogP contribution in [0.25, 0.3) is 11.3 Å². The van der Waals surface area contributed by atoms with Crippen LogP contribution < -0.4 is 0 Å². The van der Waals surface area contributed by atoms with Crippen LogP contribution in [0.5, 0.6) is 0 Å². The van der Waals surface area contributed by atoms with Crippen LogP contribution in [0.3, 0.4) is 0 Å². The molecule has 0 fully saturated rings. The van der Waals surface area contributed by atoms with Gasteiger partial charge in [0.2, 0.25) is 0 Å². The van der Waals surface area contributed by atoms with Crippen molar-refractivity contribution in [2.24, 2.45) is 0 Å². The molecule has 1 unspecified atom stereocenters. The number of aliphatic carboxylic acids is 1. The molecule has 1 aromatic carbocycles. The first kappa shape index (κ1) is 16.0. The third-order valence-corrected chi connectivity index (χ3v) is 4.77. The largest absolute Gasteiger partial charge is 0.481 e. The summed E-state index contributed by atoms with van der Waals surface area (Å²) in [5, 5.41) is 9.63. The van der Waals surface area contributed by atoms with Gasteiger partial charge in [-0.2, -0.15) is 11.8 Å². The molecule has 0 saturated heterocycles. The van der Waals surface area contributed by atoms with Crippen molar-refractivity contribution in [1.29, 1.82) is 0 Å². The molecule has 0 amide bonds. The maximum Gasteiger partial charge on any atom is 0.313 e. The van der Waals surface area contributed by atoms with Crippen molar-refractivity contribution in [3.8, 4) is 11.3 Å². The molecule has 4 nitrogen and oxygen atoms in total. The minimum atomic E-state index is -0.826. The van der Waals surface area contributed by atoms with Gasteiger partial charge in [0.1, 0.15) is 0 Å². The molecule has 112 valence electrons. The molecule has 0 saturated carbocycles. The number of carboxylic acids is 1. The standard InChI is InChI=1S/C15H18N2O2S2/c1-11(9-20-2)17-13(12-6-4-3-5-7-12)8-16-15(17)21-10-14(18)19/h3-8,11H,9-10H2,1-2H3,(H,18,19). The van der Waals surface area contributed by atoms with E-state index in [9.17, 15) is 4.79 Å². The molecule has 1 N–H and O–H groups in total. The van der Waals surface area contributed by atoms with E-state index in [2.05, 4.69) is 22.7 Å². The molecule has 0 spiro atoms. The molecule has 0 bridgehead atoms. The maximum atomic E-state index is 10.8. The Kier molecular flexibility index (Phi) is 5.76. The van der Waals surface area contributed by atoms with Gasteiger partial charge in [0.15, 0.2) is 5.16 Å². The van der Waals surface area contributed by atoms with Gasteiger partial charge < -0.3 is 9.67 Å². The topological polar surface area (TPSA) is 55.1 Å². The van der Waals surface area contributed by atoms with Gasteiger partial charge in [0.05, 0.1) is 17.6 Å². The second-order valence-electron chi connectivity index (χ2n) is 4.65. The summed E-state index contributed by atoms with van der Waals surface area (Å²) in [6.45, 7) is 2.13. The average Bonchev–Trinajstić information content (AvgIpc) is 2.90. The third kappa shape index (κ3) is 4.04. The fourth-order valence-corrected chi connectivity index (χ4v) is 3.57. The summed E-state index contributed by atoms with van der Waals surface area (Å²) in [4.78, 5) is 15.2. The molecule has 1 aromatic heterocycles. The summed E-state index contributed by atoms with van der Waals surface area (Å²) in [7, 11) is 0. The number of carboxylic acid groups (broad SMARTS) is 1. The molecule has 0 aliphatic carbocycles. The quantitative estimate of drug-likeness (QED) is 0.789. The van der Waals surface area contributed by atoms with Gasteiger partial charge in [-0.15, -0.1) is 0 Å². The van der Waals surface area contributed by atoms with Crippen LogP contribution in [-0.2, 0) is 4.79 Å². The molecule has 0 aliphatic rings. The van der Waals surface area contributed by atoms with E-state index in [1.807, 2.05) is 36.5 Å². The van der Waals surface area contributed by atoms with Crippen LogP contribution in [0.15, 0.2) is 41.7 Å². The summed E-state index contributed by atoms with van der Waals surface area (Å²) in [6, 6.07) is 10.3. The van der Waals surface area contributed by atoms with Crippen LogP contribution in [0.2, 0.25) is 0 Å². The van der Waals surface area contributed by atoms with Crippen molar-refractivity contribution in [3.05, 3.63) is 36.5 Å². The fourth-order valence-electron chi connectivity index (χ4n) is 2.14. The second-order valence-corrected chi connectivity index (χ2v) is 6.50. The molecular weight excluding hydrogens is 304 g/mol. The van der Waals surface area contributed by atoms with E-state index in [-0.39, 0.29) is 11.8 Å². The average molecular weight is 322 g/mol. The predicted molar refractivity (Wildman–Crippen MR) is 89.1 cm³/mol. The third-order valence-electron chi connectivity index (χ3n) is 3.01. The Morgan fingerprint density at radius 3 is 2.71 bits per heavy atom. The molecule has 0 aliphatic heterocycles. The molecule has 2 aromatic rings. The number of rotatable bonds is 7. The minimum absolute atomic E-state index is 0.0250. The first-order chi connectivity index (χ1) is 10.1. The van der Waals surface area contributed by atoms with Gasteiger partial charge in [0, 0.05) is 11.8 Å². The van der Waals surface area contributed by atoms with E-state index >= 15 is 0 Å². The van der Waals surface area contributed by atoms with Crippen molar-refractivity contribution >= 4 is 29.5 Å². The van der Waals surface area contributed by atoms with Crippen LogP contribution in [0.1, 0.15) is 13.0 Å². The second kappa shape index (κ2) is 7.56. The summed E-state index contributed by atoms with van der Waals surface area (Å²) in [5.41, 5.74) is 2.13. The first-order valence-corrected chi connectivity index (χ1v) is 8.97. The number of benzene rings is 1. The van der Waals surface area contributed by atoms with E-state index in [0.29, 0.717) is 0 Å². The van der Waals surface area contributed by atoms with Gasteiger partial charge in [0.25, 0.3) is 0 Å². The minimum Gasteiger partial charge on any atom is -0.481 e. The van der Waals surface area contributed by atoms with Crippen LogP contribution in [0, 0.1) is 0 Å². The highest BCUT2D eigenvalue weighted by atomic mass is 32.2. The lowest BCUT2D eigenvalue weighted by molar-refractivity contribution is -0.133. The number of aromatic nitrogens is 2. The Hall–Kier alpha value is -1.40. The van der Waals surface area contributed by atoms with Gasteiger partial charge in [-0.05, 0) is 18.7 Å². The molecule has 21 heavy (non-hydrogen) atoms. The fraction of sp³-hybridized carbons (Fsp3) is 0.333. The van der Waals surface area contributed by atoms with Crippen molar-refractivity contribution in [3.63, 3.8) is 0 Å². The number of nitrogens with zero attached hydrogens (tertiary/aromatic N) is 2. The van der Waals surface area contributed by atoms with E-state index in [4.69, 9.17) is 5.11 Å². The van der Waals surface area contributed by atoms with Crippen LogP contribution >= 0.6 is 23.5 Å². The Bertz CT molecular complexity index is 599. The summed E-state index contributed by atoms with van der Waals surface area (Å²) < 4.78 is 2.14. The van der Waals surface area contributed by atoms with Crippen molar-refractivity contribution < 1.29 is 9.90 Å². The molecular formula is C15H18N2O2S2. The number of carbonyl (C=O) groups is 1. The summed E-state index contributed by atoms with van der Waals surface area (Å²) in [6.07, 6.45) is 3.90. The SMILES string of the molecule is CSCC(C)n1c(-c2ccccc2)cnc1SCC(=O)O. The lowest BCUT2D eigenvalue weighted by Gasteiger charge is -2.18. The summed E-state index contributed by atoms with van der Waals surface area (Å²) >= 11 is 3.04. The van der Waals surface area contributed by atoms with Crippen LogP contribution in [-0.4, -0.2) is 38.4 Å². The zero-order chi connectivity index (χ0) is 15.2. The maximum absolute atomic E-state index is 10.8. The van der Waals surface area contributed by atoms with Gasteiger partial charge in [-0.3, -0.25) is 4.79 Å². The Labute approximate surface area is 133 Å². The monoisotopic (exact) mass is 322 g/mol. The van der Waals surface area contributed by atoms with Crippen molar-refractivity contribution in [2.45, 2.75) is 18.1 Å². The highest BCUT2D eigenvalue weighted by molar-refractivity contribution is 7.99. The Balaban J connectivity index is 2.38. The van der Waals surface area contributed by atoms with Crippen molar-refractivity contribution in [2.75, 3.05) is 17.8 Å². The highest BCUT2D eigenvalue weighted by Crippen LogP contribution is 2.30. The molecule has 6 heteroatoms. The zero-order valence-electron chi connectivity index (χ0n) is 12.0. The van der Waals surface area contributed by atoms with Crippen molar-refractivity contribution in [1.82, 2.24) is 9.55 Å². The van der Waals surface area contributed by atoms with Crippen LogP contribution in [0.4, 0.5) is 0 Å². The van der Waals surface area contributed by atoms with E-state index in [0.717, 1.165) is 22.2 Å². The predicted octanol–water partition coefficient (Wildman–Crippen LogP) is 3.65. The number of hydrogen-bond acceptors (Lipinski definition) is 4. The zero-order valence-corrected chi connectivity index (χ0v) is 13.7. The highest BCUT2D eigenvalue weighted by Gasteiger charge is 2.17. The van der Waals surface area contributed by atoms with Gasteiger partial charge >= 0.3 is 5.97 Å². The van der Waals surface area contributed by atoms with Gasteiger partial charge in [-0.25, -0.2) is 4.98 Å². The number of hydrogen-bond donors (Lipinski definition) is 1. The molecule has 1 heterocycles. The van der Waals surface area contributed by atoms with E-state index in [1.165, 1.54) is 11.8 Å². The molecule has 1 atom stereocenters. The van der Waals surface area contributed by atoms with E-state index < -0.39 is 5.97 Å².